The Hall–Kier alpha value is -1.31. The van der Waals surface area contributed by atoms with Gasteiger partial charge >= 0.3 is 0 Å². The van der Waals surface area contributed by atoms with Gasteiger partial charge in [-0.05, 0) is 30.9 Å². The highest BCUT2D eigenvalue weighted by molar-refractivity contribution is 7.03. The lowest BCUT2D eigenvalue weighted by Crippen LogP contribution is -2.30. The summed E-state index contributed by atoms with van der Waals surface area (Å²) in [6.45, 7) is 5.06. The van der Waals surface area contributed by atoms with Crippen molar-refractivity contribution in [1.82, 2.24) is 24.8 Å². The Morgan fingerprint density at radius 1 is 1.50 bits per heavy atom. The van der Waals surface area contributed by atoms with Crippen molar-refractivity contribution in [1.29, 1.82) is 0 Å². The predicted octanol–water partition coefficient (Wildman–Crippen LogP) is 1.06. The highest BCUT2D eigenvalue weighted by atomic mass is 32.1. The zero-order valence-electron chi connectivity index (χ0n) is 10.6. The van der Waals surface area contributed by atoms with E-state index >= 15 is 0 Å². The molecule has 18 heavy (non-hydrogen) atoms. The van der Waals surface area contributed by atoms with Gasteiger partial charge in [-0.15, -0.1) is 5.10 Å². The maximum absolute atomic E-state index is 5.60. The van der Waals surface area contributed by atoms with Gasteiger partial charge in [-0.25, -0.2) is 0 Å². The summed E-state index contributed by atoms with van der Waals surface area (Å²) in [6.07, 6.45) is 1.71. The van der Waals surface area contributed by atoms with Crippen LogP contribution in [0.15, 0.2) is 11.4 Å². The van der Waals surface area contributed by atoms with E-state index in [9.17, 15) is 0 Å². The molecule has 2 aromatic rings. The SMILES string of the molecule is CCc1cc(CC(NN)c2csnn2)n(CC)n1. The Labute approximate surface area is 110 Å². The summed E-state index contributed by atoms with van der Waals surface area (Å²) >= 11 is 1.33. The van der Waals surface area contributed by atoms with E-state index in [1.165, 1.54) is 17.2 Å². The van der Waals surface area contributed by atoms with Crippen LogP contribution in [0.5, 0.6) is 0 Å². The normalized spacial score (nSPS) is 12.8. The van der Waals surface area contributed by atoms with Crippen LogP contribution in [0, 0.1) is 0 Å². The topological polar surface area (TPSA) is 81.6 Å². The van der Waals surface area contributed by atoms with E-state index in [1.807, 2.05) is 10.1 Å². The van der Waals surface area contributed by atoms with Crippen LogP contribution in [-0.4, -0.2) is 19.4 Å². The van der Waals surface area contributed by atoms with Crippen LogP contribution in [0.4, 0.5) is 0 Å². The summed E-state index contributed by atoms with van der Waals surface area (Å²) in [4.78, 5) is 0. The molecule has 6 nitrogen and oxygen atoms in total. The van der Waals surface area contributed by atoms with Crippen molar-refractivity contribution in [2.75, 3.05) is 0 Å². The third-order valence-electron chi connectivity index (χ3n) is 2.92. The molecule has 2 aromatic heterocycles. The fourth-order valence-electron chi connectivity index (χ4n) is 1.91. The molecule has 2 heterocycles. The molecule has 1 atom stereocenters. The first-order valence-corrected chi connectivity index (χ1v) is 6.90. The predicted molar refractivity (Wildman–Crippen MR) is 71.0 cm³/mol. The van der Waals surface area contributed by atoms with Crippen molar-refractivity contribution >= 4 is 11.5 Å². The molecule has 0 saturated carbocycles. The molecule has 0 spiro atoms. The van der Waals surface area contributed by atoms with Gasteiger partial charge < -0.3 is 0 Å². The zero-order valence-corrected chi connectivity index (χ0v) is 11.4. The van der Waals surface area contributed by atoms with Gasteiger partial charge in [-0.2, -0.15) is 5.10 Å². The van der Waals surface area contributed by atoms with Gasteiger partial charge in [0.2, 0.25) is 0 Å². The van der Waals surface area contributed by atoms with Crippen molar-refractivity contribution in [3.05, 3.63) is 28.5 Å². The first-order chi connectivity index (χ1) is 8.78. The molecule has 0 fully saturated rings. The molecule has 0 aliphatic rings. The second-order valence-electron chi connectivity index (χ2n) is 4.05. The number of aryl methyl sites for hydroxylation is 2. The number of nitrogens with two attached hydrogens (primary N) is 1. The van der Waals surface area contributed by atoms with Crippen LogP contribution in [0.3, 0.4) is 0 Å². The number of nitrogens with one attached hydrogen (secondary N) is 1. The maximum atomic E-state index is 5.60. The third-order valence-corrected chi connectivity index (χ3v) is 3.45. The lowest BCUT2D eigenvalue weighted by Gasteiger charge is -2.13. The molecule has 0 aliphatic carbocycles. The van der Waals surface area contributed by atoms with Crippen molar-refractivity contribution in [3.8, 4) is 0 Å². The summed E-state index contributed by atoms with van der Waals surface area (Å²) < 4.78 is 5.89. The van der Waals surface area contributed by atoms with Crippen LogP contribution in [0.2, 0.25) is 0 Å². The summed E-state index contributed by atoms with van der Waals surface area (Å²) in [5.74, 6) is 5.60. The molecular weight excluding hydrogens is 248 g/mol. The number of hydrogen-bond donors (Lipinski definition) is 2. The number of rotatable bonds is 6. The number of aromatic nitrogens is 4. The van der Waals surface area contributed by atoms with Crippen LogP contribution in [0.1, 0.15) is 37.0 Å². The fourth-order valence-corrected chi connectivity index (χ4v) is 2.42. The molecule has 0 aliphatic heterocycles. The van der Waals surface area contributed by atoms with Crippen molar-refractivity contribution < 1.29 is 0 Å². The van der Waals surface area contributed by atoms with E-state index in [4.69, 9.17) is 5.84 Å². The highest BCUT2D eigenvalue weighted by Gasteiger charge is 2.16. The van der Waals surface area contributed by atoms with Crippen molar-refractivity contribution in [2.45, 2.75) is 39.3 Å². The van der Waals surface area contributed by atoms with Crippen LogP contribution in [-0.2, 0) is 19.4 Å². The van der Waals surface area contributed by atoms with Crippen molar-refractivity contribution in [2.24, 2.45) is 5.84 Å². The Kier molecular flexibility index (Phi) is 4.40. The summed E-state index contributed by atoms with van der Waals surface area (Å²) in [5.41, 5.74) is 5.96. The van der Waals surface area contributed by atoms with E-state index in [-0.39, 0.29) is 6.04 Å². The van der Waals surface area contributed by atoms with E-state index in [0.717, 1.165) is 30.8 Å². The fraction of sp³-hybridized carbons (Fsp3) is 0.545. The smallest absolute Gasteiger partial charge is 0.0942 e. The molecule has 0 aromatic carbocycles. The van der Waals surface area contributed by atoms with Gasteiger partial charge in [0, 0.05) is 24.0 Å². The average molecular weight is 266 g/mol. The Morgan fingerprint density at radius 3 is 2.89 bits per heavy atom. The molecule has 0 bridgehead atoms. The van der Waals surface area contributed by atoms with Crippen LogP contribution >= 0.6 is 11.5 Å². The molecule has 0 saturated heterocycles. The number of hydrazine groups is 1. The quantitative estimate of drug-likeness (QED) is 0.603. The van der Waals surface area contributed by atoms with Gasteiger partial charge in [0.25, 0.3) is 0 Å². The third kappa shape index (κ3) is 2.74. The minimum Gasteiger partial charge on any atom is -0.271 e. The second kappa shape index (κ2) is 6.03. The zero-order chi connectivity index (χ0) is 13.0. The Bertz CT molecular complexity index is 478. The summed E-state index contributed by atoms with van der Waals surface area (Å²) in [6, 6.07) is 2.11. The Balaban J connectivity index is 2.19. The minimum atomic E-state index is -0.0181. The monoisotopic (exact) mass is 266 g/mol. The lowest BCUT2D eigenvalue weighted by atomic mass is 10.1. The second-order valence-corrected chi connectivity index (χ2v) is 4.66. The van der Waals surface area contributed by atoms with Gasteiger partial charge in [0.15, 0.2) is 0 Å². The molecule has 7 heteroatoms. The van der Waals surface area contributed by atoms with Crippen LogP contribution < -0.4 is 11.3 Å². The van der Waals surface area contributed by atoms with E-state index < -0.39 is 0 Å². The molecule has 1 unspecified atom stereocenters. The molecule has 2 rings (SSSR count). The van der Waals surface area contributed by atoms with Crippen LogP contribution in [0.25, 0.3) is 0 Å². The molecule has 0 amide bonds. The van der Waals surface area contributed by atoms with Crippen molar-refractivity contribution in [3.63, 3.8) is 0 Å². The lowest BCUT2D eigenvalue weighted by molar-refractivity contribution is 0.506. The van der Waals surface area contributed by atoms with Gasteiger partial charge in [0.1, 0.15) is 0 Å². The van der Waals surface area contributed by atoms with E-state index in [0.29, 0.717) is 0 Å². The standard InChI is InChI=1S/C11H18N6S/c1-3-8-5-9(17(4-2)15-8)6-10(13-12)11-7-18-16-14-11/h5,7,10,13H,3-4,6,12H2,1-2H3. The van der Waals surface area contributed by atoms with E-state index in [2.05, 4.69) is 40.0 Å². The molecular formula is C11H18N6S. The molecule has 3 N–H and O–H groups in total. The minimum absolute atomic E-state index is 0.0181. The van der Waals surface area contributed by atoms with Gasteiger partial charge in [0.05, 0.1) is 17.4 Å². The molecule has 98 valence electrons. The van der Waals surface area contributed by atoms with Gasteiger partial charge in [-0.3, -0.25) is 16.0 Å². The summed E-state index contributed by atoms with van der Waals surface area (Å²) in [5, 5.41) is 10.5. The maximum Gasteiger partial charge on any atom is 0.0942 e. The highest BCUT2D eigenvalue weighted by Crippen LogP contribution is 2.17. The number of nitrogens with zero attached hydrogens (tertiary/aromatic N) is 4. The molecule has 0 radical (unpaired) electrons. The van der Waals surface area contributed by atoms with E-state index in [1.54, 1.807) is 0 Å². The number of hydrogen-bond acceptors (Lipinski definition) is 6. The largest absolute Gasteiger partial charge is 0.271 e. The Morgan fingerprint density at radius 2 is 2.33 bits per heavy atom. The summed E-state index contributed by atoms with van der Waals surface area (Å²) in [7, 11) is 0. The first kappa shape index (κ1) is 13.1. The first-order valence-electron chi connectivity index (χ1n) is 6.07. The average Bonchev–Trinajstić information content (AvgIpc) is 3.04. The van der Waals surface area contributed by atoms with Gasteiger partial charge in [-0.1, -0.05) is 11.4 Å².